The summed E-state index contributed by atoms with van der Waals surface area (Å²) in [5.41, 5.74) is 7.72. The number of carbonyl (C=O) groups excluding carboxylic acids is 1. The largest absolute Gasteiger partial charge is 0.340 e. The number of amides is 1. The van der Waals surface area contributed by atoms with Crippen LogP contribution in [0.3, 0.4) is 0 Å². The molecule has 0 unspecified atom stereocenters. The zero-order valence-electron chi connectivity index (χ0n) is 11.3. The first-order valence-corrected chi connectivity index (χ1v) is 6.76. The summed E-state index contributed by atoms with van der Waals surface area (Å²) in [5.74, 6) is -0.129. The lowest BCUT2D eigenvalue weighted by molar-refractivity contribution is -0.131. The van der Waals surface area contributed by atoms with Crippen molar-refractivity contribution in [1.82, 2.24) is 4.90 Å². The molecule has 2 aromatic rings. The Kier molecular flexibility index (Phi) is 4.77. The van der Waals surface area contributed by atoms with E-state index in [1.165, 1.54) is 0 Å². The molecule has 4 heteroatoms. The van der Waals surface area contributed by atoms with Gasteiger partial charge in [0.15, 0.2) is 0 Å². The van der Waals surface area contributed by atoms with E-state index in [9.17, 15) is 4.79 Å². The number of hydrogen-bond acceptors (Lipinski definition) is 2. The molecule has 0 heterocycles. The minimum Gasteiger partial charge on any atom is -0.340 e. The molecule has 0 saturated heterocycles. The van der Waals surface area contributed by atoms with Gasteiger partial charge in [-0.05, 0) is 17.2 Å². The van der Waals surface area contributed by atoms with Crippen molar-refractivity contribution in [2.24, 2.45) is 5.73 Å². The highest BCUT2D eigenvalue weighted by Gasteiger charge is 2.20. The normalized spacial score (nSPS) is 11.9. The van der Waals surface area contributed by atoms with Crippen LogP contribution in [0.1, 0.15) is 17.2 Å². The lowest BCUT2D eigenvalue weighted by Gasteiger charge is -2.22. The number of nitrogens with zero attached hydrogens (tertiary/aromatic N) is 1. The number of carbonyl (C=O) groups is 1. The maximum atomic E-state index is 12.3. The van der Waals surface area contributed by atoms with Crippen LogP contribution in [0.4, 0.5) is 0 Å². The van der Waals surface area contributed by atoms with Crippen LogP contribution in [0, 0.1) is 0 Å². The molecule has 0 bridgehead atoms. The van der Waals surface area contributed by atoms with Gasteiger partial charge in [0, 0.05) is 18.6 Å². The molecule has 1 amide bonds. The summed E-state index contributed by atoms with van der Waals surface area (Å²) in [7, 11) is 1.73. The van der Waals surface area contributed by atoms with E-state index in [1.807, 2.05) is 54.6 Å². The SMILES string of the molecule is CN(Cc1ccccc1Cl)C(=O)[C@H](N)c1ccccc1. The van der Waals surface area contributed by atoms with Crippen molar-refractivity contribution in [3.63, 3.8) is 0 Å². The molecule has 0 aromatic heterocycles. The lowest BCUT2D eigenvalue weighted by Crippen LogP contribution is -2.35. The van der Waals surface area contributed by atoms with Crippen molar-refractivity contribution < 1.29 is 4.79 Å². The molecular formula is C16H17ClN2O. The zero-order valence-corrected chi connectivity index (χ0v) is 12.0. The minimum atomic E-state index is -0.649. The highest BCUT2D eigenvalue weighted by atomic mass is 35.5. The highest BCUT2D eigenvalue weighted by molar-refractivity contribution is 6.31. The molecule has 0 fully saturated rings. The van der Waals surface area contributed by atoms with Crippen LogP contribution in [0.25, 0.3) is 0 Å². The van der Waals surface area contributed by atoms with Crippen molar-refractivity contribution in [1.29, 1.82) is 0 Å². The van der Waals surface area contributed by atoms with Crippen molar-refractivity contribution >= 4 is 17.5 Å². The van der Waals surface area contributed by atoms with Gasteiger partial charge in [-0.3, -0.25) is 4.79 Å². The maximum Gasteiger partial charge on any atom is 0.244 e. The average Bonchev–Trinajstić information content (AvgIpc) is 2.49. The summed E-state index contributed by atoms with van der Waals surface area (Å²) < 4.78 is 0. The summed E-state index contributed by atoms with van der Waals surface area (Å²) in [6.07, 6.45) is 0. The Morgan fingerprint density at radius 2 is 1.75 bits per heavy atom. The molecule has 104 valence electrons. The van der Waals surface area contributed by atoms with Crippen LogP contribution in [-0.4, -0.2) is 17.9 Å². The molecule has 3 nitrogen and oxygen atoms in total. The smallest absolute Gasteiger partial charge is 0.244 e. The standard InChI is InChI=1S/C16H17ClN2O/c1-19(11-13-9-5-6-10-14(13)17)16(20)15(18)12-7-3-2-4-8-12/h2-10,15H,11,18H2,1H3/t15-/m1/s1. The van der Waals surface area contributed by atoms with Crippen molar-refractivity contribution in [3.05, 3.63) is 70.7 Å². The predicted molar refractivity (Wildman–Crippen MR) is 81.3 cm³/mol. The van der Waals surface area contributed by atoms with Gasteiger partial charge in [-0.25, -0.2) is 0 Å². The van der Waals surface area contributed by atoms with Gasteiger partial charge in [-0.2, -0.15) is 0 Å². The lowest BCUT2D eigenvalue weighted by atomic mass is 10.1. The number of nitrogens with two attached hydrogens (primary N) is 1. The van der Waals surface area contributed by atoms with E-state index in [0.717, 1.165) is 11.1 Å². The Labute approximate surface area is 124 Å². The summed E-state index contributed by atoms with van der Waals surface area (Å²) in [4.78, 5) is 13.9. The topological polar surface area (TPSA) is 46.3 Å². The molecule has 0 spiro atoms. The Hall–Kier alpha value is -1.84. The van der Waals surface area contributed by atoms with Gasteiger partial charge in [0.2, 0.25) is 5.91 Å². The van der Waals surface area contributed by atoms with E-state index in [0.29, 0.717) is 11.6 Å². The third kappa shape index (κ3) is 3.38. The van der Waals surface area contributed by atoms with Crippen LogP contribution in [0.5, 0.6) is 0 Å². The summed E-state index contributed by atoms with van der Waals surface area (Å²) in [6, 6.07) is 16.2. The summed E-state index contributed by atoms with van der Waals surface area (Å²) >= 11 is 6.10. The van der Waals surface area contributed by atoms with E-state index < -0.39 is 6.04 Å². The third-order valence-corrected chi connectivity index (χ3v) is 3.54. The molecular weight excluding hydrogens is 272 g/mol. The molecule has 0 radical (unpaired) electrons. The molecule has 1 atom stereocenters. The van der Waals surface area contributed by atoms with Crippen molar-refractivity contribution in [2.45, 2.75) is 12.6 Å². The van der Waals surface area contributed by atoms with Crippen molar-refractivity contribution in [3.8, 4) is 0 Å². The van der Waals surface area contributed by atoms with E-state index >= 15 is 0 Å². The second-order valence-corrected chi connectivity index (χ2v) is 5.08. The fourth-order valence-corrected chi connectivity index (χ4v) is 2.20. The Morgan fingerprint density at radius 1 is 1.15 bits per heavy atom. The number of halogens is 1. The summed E-state index contributed by atoms with van der Waals surface area (Å²) in [5, 5.41) is 0.653. The molecule has 2 N–H and O–H groups in total. The van der Waals surface area contributed by atoms with E-state index in [1.54, 1.807) is 11.9 Å². The van der Waals surface area contributed by atoms with Crippen molar-refractivity contribution in [2.75, 3.05) is 7.05 Å². The van der Waals surface area contributed by atoms with Crippen LogP contribution < -0.4 is 5.73 Å². The fourth-order valence-electron chi connectivity index (χ4n) is 2.00. The van der Waals surface area contributed by atoms with Crippen LogP contribution in [0.2, 0.25) is 5.02 Å². The van der Waals surface area contributed by atoms with Gasteiger partial charge < -0.3 is 10.6 Å². The van der Waals surface area contributed by atoms with Gasteiger partial charge in [0.1, 0.15) is 6.04 Å². The molecule has 2 rings (SSSR count). The average molecular weight is 289 g/mol. The first-order chi connectivity index (χ1) is 9.59. The van der Waals surface area contributed by atoms with Crippen LogP contribution in [-0.2, 0) is 11.3 Å². The first-order valence-electron chi connectivity index (χ1n) is 6.38. The second kappa shape index (κ2) is 6.55. The van der Waals surface area contributed by atoms with E-state index in [-0.39, 0.29) is 5.91 Å². The molecule has 0 aliphatic rings. The quantitative estimate of drug-likeness (QED) is 0.940. The van der Waals surface area contributed by atoms with Gasteiger partial charge in [-0.15, -0.1) is 0 Å². The number of rotatable bonds is 4. The predicted octanol–water partition coefficient (Wildman–Crippen LogP) is 3.00. The van der Waals surface area contributed by atoms with Gasteiger partial charge in [0.25, 0.3) is 0 Å². The van der Waals surface area contributed by atoms with Crippen LogP contribution in [0.15, 0.2) is 54.6 Å². The van der Waals surface area contributed by atoms with Gasteiger partial charge in [0.05, 0.1) is 0 Å². The fraction of sp³-hybridized carbons (Fsp3) is 0.188. The Balaban J connectivity index is 2.08. The number of benzene rings is 2. The Bertz CT molecular complexity index is 586. The maximum absolute atomic E-state index is 12.3. The first kappa shape index (κ1) is 14.6. The summed E-state index contributed by atoms with van der Waals surface area (Å²) in [6.45, 7) is 0.443. The third-order valence-electron chi connectivity index (χ3n) is 3.17. The van der Waals surface area contributed by atoms with Gasteiger partial charge >= 0.3 is 0 Å². The molecule has 0 aliphatic heterocycles. The minimum absolute atomic E-state index is 0.129. The van der Waals surface area contributed by atoms with Gasteiger partial charge in [-0.1, -0.05) is 60.1 Å². The molecule has 0 saturated carbocycles. The second-order valence-electron chi connectivity index (χ2n) is 4.67. The van der Waals surface area contributed by atoms with Crippen LogP contribution >= 0.6 is 11.6 Å². The Morgan fingerprint density at radius 3 is 2.40 bits per heavy atom. The monoisotopic (exact) mass is 288 g/mol. The zero-order chi connectivity index (χ0) is 14.5. The molecule has 2 aromatic carbocycles. The number of hydrogen-bond donors (Lipinski definition) is 1. The molecule has 20 heavy (non-hydrogen) atoms. The molecule has 0 aliphatic carbocycles. The van der Waals surface area contributed by atoms with E-state index in [4.69, 9.17) is 17.3 Å². The van der Waals surface area contributed by atoms with E-state index in [2.05, 4.69) is 0 Å². The number of likely N-dealkylation sites (N-methyl/N-ethyl adjacent to an activating group) is 1. The highest BCUT2D eigenvalue weighted by Crippen LogP contribution is 2.18.